The van der Waals surface area contributed by atoms with Crippen LogP contribution in [0, 0.1) is 17.1 Å². The van der Waals surface area contributed by atoms with Gasteiger partial charge in [0.1, 0.15) is 23.3 Å². The first-order valence-corrected chi connectivity index (χ1v) is 8.22. The van der Waals surface area contributed by atoms with Crippen LogP contribution in [-0.2, 0) is 6.54 Å². The zero-order valence-electron chi connectivity index (χ0n) is 14.2. The summed E-state index contributed by atoms with van der Waals surface area (Å²) in [5.41, 5.74) is 14.2. The summed E-state index contributed by atoms with van der Waals surface area (Å²) in [4.78, 5) is 8.03. The summed E-state index contributed by atoms with van der Waals surface area (Å²) in [7, 11) is 0. The highest BCUT2D eigenvalue weighted by Crippen LogP contribution is 2.29. The van der Waals surface area contributed by atoms with Crippen molar-refractivity contribution in [2.75, 3.05) is 11.5 Å². The minimum Gasteiger partial charge on any atom is -0.382 e. The van der Waals surface area contributed by atoms with E-state index in [1.807, 2.05) is 41.1 Å². The molecule has 2 aromatic heterocycles. The minimum absolute atomic E-state index is 0.00309. The van der Waals surface area contributed by atoms with Gasteiger partial charge in [-0.05, 0) is 23.6 Å². The molecule has 7 heteroatoms. The molecule has 0 unspecified atom stereocenters. The fourth-order valence-electron chi connectivity index (χ4n) is 3.09. The van der Waals surface area contributed by atoms with E-state index in [-0.39, 0.29) is 23.1 Å². The number of anilines is 2. The third kappa shape index (κ3) is 2.93. The van der Waals surface area contributed by atoms with Gasteiger partial charge in [-0.25, -0.2) is 9.37 Å². The quantitative estimate of drug-likeness (QED) is 0.584. The van der Waals surface area contributed by atoms with E-state index in [4.69, 9.17) is 11.5 Å². The lowest BCUT2D eigenvalue weighted by Crippen LogP contribution is -2.05. The lowest BCUT2D eigenvalue weighted by atomic mass is 10.1. The molecule has 2 heterocycles. The van der Waals surface area contributed by atoms with Crippen LogP contribution in [-0.4, -0.2) is 14.5 Å². The van der Waals surface area contributed by atoms with Crippen molar-refractivity contribution >= 4 is 22.7 Å². The number of nitriles is 1. The van der Waals surface area contributed by atoms with Crippen molar-refractivity contribution in [3.8, 4) is 17.3 Å². The Hall–Kier alpha value is -3.92. The third-order valence-electron chi connectivity index (χ3n) is 4.41. The predicted molar refractivity (Wildman–Crippen MR) is 102 cm³/mol. The first-order valence-electron chi connectivity index (χ1n) is 8.22. The number of nitrogen functional groups attached to an aromatic ring is 2. The highest BCUT2D eigenvalue weighted by Gasteiger charge is 2.14. The van der Waals surface area contributed by atoms with Gasteiger partial charge in [0, 0.05) is 22.8 Å². The second-order valence-electron chi connectivity index (χ2n) is 6.11. The SMILES string of the molecule is N#Cc1c(N)nc(N)nc1-c1ccc2ccn(Cc3ccccc3F)c2c1. The Bertz CT molecular complexity index is 1210. The van der Waals surface area contributed by atoms with Gasteiger partial charge in [0.25, 0.3) is 0 Å². The molecule has 0 amide bonds. The molecule has 0 aliphatic rings. The molecule has 4 N–H and O–H groups in total. The molecule has 0 saturated carbocycles. The van der Waals surface area contributed by atoms with Crippen molar-refractivity contribution in [3.63, 3.8) is 0 Å². The molecule has 6 nitrogen and oxygen atoms in total. The van der Waals surface area contributed by atoms with Crippen molar-refractivity contribution in [1.29, 1.82) is 5.26 Å². The Morgan fingerprint density at radius 2 is 1.89 bits per heavy atom. The van der Waals surface area contributed by atoms with Gasteiger partial charge in [-0.3, -0.25) is 0 Å². The normalized spacial score (nSPS) is 10.8. The van der Waals surface area contributed by atoms with Gasteiger partial charge < -0.3 is 16.0 Å². The van der Waals surface area contributed by atoms with Gasteiger partial charge in [-0.1, -0.05) is 30.3 Å². The van der Waals surface area contributed by atoms with Crippen LogP contribution in [0.25, 0.3) is 22.2 Å². The smallest absolute Gasteiger partial charge is 0.222 e. The van der Waals surface area contributed by atoms with Crippen molar-refractivity contribution in [2.24, 2.45) is 0 Å². The van der Waals surface area contributed by atoms with Crippen LogP contribution in [0.15, 0.2) is 54.7 Å². The number of fused-ring (bicyclic) bond motifs is 1. The van der Waals surface area contributed by atoms with Gasteiger partial charge >= 0.3 is 0 Å². The van der Waals surface area contributed by atoms with Crippen LogP contribution in [0.4, 0.5) is 16.2 Å². The lowest BCUT2D eigenvalue weighted by Gasteiger charge is -2.10. The summed E-state index contributed by atoms with van der Waals surface area (Å²) in [6.07, 6.45) is 1.90. The molecule has 0 fully saturated rings. The van der Waals surface area contributed by atoms with Gasteiger partial charge in [0.2, 0.25) is 5.95 Å². The first-order chi connectivity index (χ1) is 13.1. The number of hydrogen-bond donors (Lipinski definition) is 2. The van der Waals surface area contributed by atoms with Crippen molar-refractivity contribution in [1.82, 2.24) is 14.5 Å². The molecule has 0 saturated heterocycles. The number of aromatic nitrogens is 3. The standard InChI is InChI=1S/C20H15FN6/c21-16-4-2-1-3-14(16)11-27-8-7-12-5-6-13(9-17(12)27)18-15(10-22)19(23)26-20(24)25-18/h1-9H,11H2,(H4,23,24,25,26). The fraction of sp³-hybridized carbons (Fsp3) is 0.0500. The Balaban J connectivity index is 1.84. The van der Waals surface area contributed by atoms with Crippen LogP contribution in [0.2, 0.25) is 0 Å². The molecule has 132 valence electrons. The monoisotopic (exact) mass is 358 g/mol. The largest absolute Gasteiger partial charge is 0.382 e. The molecule has 0 atom stereocenters. The maximum Gasteiger partial charge on any atom is 0.222 e. The second-order valence-corrected chi connectivity index (χ2v) is 6.11. The number of rotatable bonds is 3. The van der Waals surface area contributed by atoms with E-state index in [1.54, 1.807) is 18.2 Å². The number of halogens is 1. The van der Waals surface area contributed by atoms with Gasteiger partial charge in [0.15, 0.2) is 0 Å². The van der Waals surface area contributed by atoms with Crippen molar-refractivity contribution in [2.45, 2.75) is 6.54 Å². The molecule has 0 bridgehead atoms. The minimum atomic E-state index is -0.251. The summed E-state index contributed by atoms with van der Waals surface area (Å²) in [5, 5.41) is 10.4. The highest BCUT2D eigenvalue weighted by atomic mass is 19.1. The van der Waals surface area contributed by atoms with E-state index in [2.05, 4.69) is 9.97 Å². The van der Waals surface area contributed by atoms with E-state index in [1.165, 1.54) is 6.07 Å². The van der Waals surface area contributed by atoms with Crippen LogP contribution >= 0.6 is 0 Å². The highest BCUT2D eigenvalue weighted by molar-refractivity contribution is 5.86. The number of nitrogens with two attached hydrogens (primary N) is 2. The summed E-state index contributed by atoms with van der Waals surface area (Å²) >= 11 is 0. The predicted octanol–water partition coefficient (Wildman–Crippen LogP) is 3.32. The molecule has 4 rings (SSSR count). The van der Waals surface area contributed by atoms with E-state index in [9.17, 15) is 9.65 Å². The maximum atomic E-state index is 14.0. The summed E-state index contributed by atoms with van der Waals surface area (Å²) in [5.74, 6) is -0.205. The van der Waals surface area contributed by atoms with E-state index < -0.39 is 0 Å². The van der Waals surface area contributed by atoms with Crippen molar-refractivity contribution in [3.05, 3.63) is 71.7 Å². The molecule has 27 heavy (non-hydrogen) atoms. The fourth-order valence-corrected chi connectivity index (χ4v) is 3.09. The zero-order valence-corrected chi connectivity index (χ0v) is 14.2. The molecule has 0 spiro atoms. The average molecular weight is 358 g/mol. The summed E-state index contributed by atoms with van der Waals surface area (Å²) in [6.45, 7) is 0.388. The van der Waals surface area contributed by atoms with E-state index >= 15 is 0 Å². The summed E-state index contributed by atoms with van der Waals surface area (Å²) < 4.78 is 16.0. The van der Waals surface area contributed by atoms with E-state index in [0.29, 0.717) is 23.4 Å². The van der Waals surface area contributed by atoms with E-state index in [0.717, 1.165) is 10.9 Å². The maximum absolute atomic E-state index is 14.0. The number of benzene rings is 2. The van der Waals surface area contributed by atoms with Crippen LogP contribution in [0.3, 0.4) is 0 Å². The van der Waals surface area contributed by atoms with Crippen LogP contribution in [0.1, 0.15) is 11.1 Å². The zero-order chi connectivity index (χ0) is 19.0. The summed E-state index contributed by atoms with van der Waals surface area (Å²) in [6, 6.07) is 16.3. The molecule has 4 aromatic rings. The first kappa shape index (κ1) is 16.5. The Morgan fingerprint density at radius 3 is 2.67 bits per heavy atom. The average Bonchev–Trinajstić information content (AvgIpc) is 3.05. The molecular weight excluding hydrogens is 343 g/mol. The third-order valence-corrected chi connectivity index (χ3v) is 4.41. The van der Waals surface area contributed by atoms with Crippen LogP contribution < -0.4 is 11.5 Å². The molecular formula is C20H15FN6. The Kier molecular flexibility index (Phi) is 3.94. The molecule has 0 aliphatic carbocycles. The topological polar surface area (TPSA) is 107 Å². The van der Waals surface area contributed by atoms with Gasteiger partial charge in [-0.15, -0.1) is 0 Å². The second kappa shape index (κ2) is 6.42. The number of hydrogen-bond acceptors (Lipinski definition) is 5. The van der Waals surface area contributed by atoms with Crippen LogP contribution in [0.5, 0.6) is 0 Å². The molecule has 0 radical (unpaired) electrons. The van der Waals surface area contributed by atoms with Gasteiger partial charge in [0.05, 0.1) is 12.2 Å². The Labute approximate surface area is 154 Å². The molecule has 2 aromatic carbocycles. The Morgan fingerprint density at radius 1 is 1.07 bits per heavy atom. The van der Waals surface area contributed by atoms with Gasteiger partial charge in [-0.2, -0.15) is 10.2 Å². The van der Waals surface area contributed by atoms with Crippen molar-refractivity contribution < 1.29 is 4.39 Å². The molecule has 0 aliphatic heterocycles. The lowest BCUT2D eigenvalue weighted by molar-refractivity contribution is 0.602. The number of nitrogens with zero attached hydrogens (tertiary/aromatic N) is 4.